The number of nitrogens with zero attached hydrogens (tertiary/aromatic N) is 8. The number of halogens is 2. The van der Waals surface area contributed by atoms with Crippen LogP contribution < -0.4 is 0 Å². The van der Waals surface area contributed by atoms with Crippen molar-refractivity contribution >= 4 is 48.0 Å². The lowest BCUT2D eigenvalue weighted by Crippen LogP contribution is -2.46. The van der Waals surface area contributed by atoms with E-state index in [0.29, 0.717) is 17.3 Å². The number of tetrazole rings is 1. The van der Waals surface area contributed by atoms with Gasteiger partial charge in [0.05, 0.1) is 22.5 Å². The fraction of sp³-hybridized carbons (Fsp3) is 0.409. The van der Waals surface area contributed by atoms with Gasteiger partial charge in [-0.25, -0.2) is 0 Å². The molecule has 15 heteroatoms. The normalized spacial score (nSPS) is 13.9. The summed E-state index contributed by atoms with van der Waals surface area (Å²) in [6.07, 6.45) is 0.899. The lowest BCUT2D eigenvalue weighted by Gasteiger charge is -2.34. The molecular weight excluding hydrogens is 543 g/mol. The number of nitro groups is 2. The van der Waals surface area contributed by atoms with Gasteiger partial charge in [-0.3, -0.25) is 25.1 Å². The van der Waals surface area contributed by atoms with Crippen LogP contribution in [-0.4, -0.2) is 72.6 Å². The van der Waals surface area contributed by atoms with Gasteiger partial charge in [0.1, 0.15) is 0 Å². The average molecular weight is 571 g/mol. The molecule has 0 atom stereocenters. The summed E-state index contributed by atoms with van der Waals surface area (Å²) in [5.41, 5.74) is 1.17. The van der Waals surface area contributed by atoms with Crippen molar-refractivity contribution in [1.29, 1.82) is 0 Å². The number of thioether (sulfide) groups is 1. The summed E-state index contributed by atoms with van der Waals surface area (Å²) in [5, 5.41) is 34.9. The molecule has 2 aromatic carbocycles. The molecule has 1 saturated heterocycles. The van der Waals surface area contributed by atoms with Crippen LogP contribution in [0.5, 0.6) is 0 Å². The first kappa shape index (κ1) is 30.4. The summed E-state index contributed by atoms with van der Waals surface area (Å²) in [6.45, 7) is 6.75. The maximum atomic E-state index is 11.0. The summed E-state index contributed by atoms with van der Waals surface area (Å²) in [5.74, 6) is 0.265. The van der Waals surface area contributed by atoms with Crippen molar-refractivity contribution in [3.8, 4) is 0 Å². The number of aromatic nitrogens is 4. The second-order valence-corrected chi connectivity index (χ2v) is 9.23. The van der Waals surface area contributed by atoms with Gasteiger partial charge in [-0.2, -0.15) is 4.80 Å². The Balaban J connectivity index is 0.00000241. The van der Waals surface area contributed by atoms with Crippen molar-refractivity contribution < 1.29 is 9.85 Å². The van der Waals surface area contributed by atoms with Crippen LogP contribution in [-0.2, 0) is 18.8 Å². The number of aryl methyl sites for hydroxylation is 1. The van der Waals surface area contributed by atoms with Crippen molar-refractivity contribution in [3.05, 3.63) is 79.9 Å². The van der Waals surface area contributed by atoms with E-state index in [1.165, 1.54) is 29.5 Å². The lowest BCUT2D eigenvalue weighted by atomic mass is 10.2. The first-order chi connectivity index (χ1) is 17.0. The number of rotatable bonds is 11. The van der Waals surface area contributed by atoms with Crippen LogP contribution in [0.4, 0.5) is 11.4 Å². The number of hydrogen-bond donors (Lipinski definition) is 0. The Morgan fingerprint density at radius 1 is 0.838 bits per heavy atom. The van der Waals surface area contributed by atoms with Gasteiger partial charge in [0.2, 0.25) is 5.16 Å². The van der Waals surface area contributed by atoms with E-state index in [0.717, 1.165) is 51.8 Å². The van der Waals surface area contributed by atoms with Crippen LogP contribution in [0.2, 0.25) is 0 Å². The number of piperazine rings is 1. The maximum Gasteiger partial charge on any atom is 0.276 e. The molecule has 12 nitrogen and oxygen atoms in total. The molecule has 0 saturated carbocycles. The van der Waals surface area contributed by atoms with E-state index >= 15 is 0 Å². The van der Waals surface area contributed by atoms with Crippen molar-refractivity contribution in [2.24, 2.45) is 0 Å². The maximum absolute atomic E-state index is 11.0. The third-order valence-electron chi connectivity index (χ3n) is 5.73. The predicted octanol–water partition coefficient (Wildman–Crippen LogP) is 3.83. The van der Waals surface area contributed by atoms with Crippen LogP contribution in [0.15, 0.2) is 53.7 Å². The lowest BCUT2D eigenvalue weighted by molar-refractivity contribution is -0.394. The van der Waals surface area contributed by atoms with Crippen LogP contribution in [0.25, 0.3) is 0 Å². The molecule has 0 N–H and O–H groups in total. The molecule has 0 amide bonds. The van der Waals surface area contributed by atoms with Gasteiger partial charge in [0.25, 0.3) is 11.4 Å². The zero-order valence-corrected chi connectivity index (χ0v) is 22.4. The minimum absolute atomic E-state index is 0. The second-order valence-electron chi connectivity index (χ2n) is 8.29. The highest BCUT2D eigenvalue weighted by Crippen LogP contribution is 2.27. The number of hydrogen-bond acceptors (Lipinski definition) is 10. The zero-order chi connectivity index (χ0) is 24.6. The standard InChI is InChI=1S/C22H26N8O4S.2ClH/c31-29(32)20-13-19(14-21(15-20)30(33)34)17-35-22-23-25-28(24-22)8-4-7-26-9-11-27(12-10-26)16-18-5-2-1-3-6-18;;/h1-3,5-6,13-15H,4,7-12,16-17H2;2*1H. The van der Waals surface area contributed by atoms with Crippen molar-refractivity contribution in [2.75, 3.05) is 32.7 Å². The van der Waals surface area contributed by atoms with Gasteiger partial charge >= 0.3 is 0 Å². The Hall–Kier alpha value is -2.84. The molecule has 0 radical (unpaired) electrons. The largest absolute Gasteiger partial charge is 0.301 e. The molecule has 1 aliphatic heterocycles. The summed E-state index contributed by atoms with van der Waals surface area (Å²) in [7, 11) is 0. The number of benzene rings is 2. The Morgan fingerprint density at radius 2 is 1.46 bits per heavy atom. The molecule has 0 unspecified atom stereocenters. The molecule has 2 heterocycles. The molecule has 1 aromatic heterocycles. The van der Waals surface area contributed by atoms with Gasteiger partial charge in [-0.05, 0) is 22.8 Å². The smallest absolute Gasteiger partial charge is 0.276 e. The second kappa shape index (κ2) is 14.8. The Bertz CT molecular complexity index is 1130. The summed E-state index contributed by atoms with van der Waals surface area (Å²) >= 11 is 1.23. The monoisotopic (exact) mass is 570 g/mol. The van der Waals surface area contributed by atoms with Crippen molar-refractivity contribution in [1.82, 2.24) is 30.0 Å². The number of non-ortho nitro benzene ring substituents is 2. The SMILES string of the molecule is Cl.Cl.O=[N+]([O-])c1cc(CSc2nnn(CCCN3CCN(Cc4ccccc4)CC3)n2)cc([N+](=O)[O-])c1. The molecule has 4 rings (SSSR count). The summed E-state index contributed by atoms with van der Waals surface area (Å²) < 4.78 is 0. The minimum Gasteiger partial charge on any atom is -0.301 e. The molecule has 37 heavy (non-hydrogen) atoms. The highest BCUT2D eigenvalue weighted by atomic mass is 35.5. The zero-order valence-electron chi connectivity index (χ0n) is 19.9. The summed E-state index contributed by atoms with van der Waals surface area (Å²) in [6, 6.07) is 14.1. The van der Waals surface area contributed by atoms with Gasteiger partial charge < -0.3 is 4.90 Å². The van der Waals surface area contributed by atoms with Gasteiger partial charge in [0, 0.05) is 57.2 Å². The van der Waals surface area contributed by atoms with E-state index in [-0.39, 0.29) is 41.9 Å². The fourth-order valence-electron chi connectivity index (χ4n) is 3.93. The van der Waals surface area contributed by atoms with Gasteiger partial charge in [-0.1, -0.05) is 42.1 Å². The Labute approximate surface area is 230 Å². The molecule has 1 aliphatic rings. The molecule has 200 valence electrons. The first-order valence-electron chi connectivity index (χ1n) is 11.3. The third-order valence-corrected chi connectivity index (χ3v) is 6.63. The van der Waals surface area contributed by atoms with Crippen LogP contribution in [0.3, 0.4) is 0 Å². The van der Waals surface area contributed by atoms with E-state index in [4.69, 9.17) is 0 Å². The van der Waals surface area contributed by atoms with Crippen molar-refractivity contribution in [2.45, 2.75) is 30.4 Å². The molecule has 0 bridgehead atoms. The van der Waals surface area contributed by atoms with Gasteiger partial charge in [0.15, 0.2) is 0 Å². The van der Waals surface area contributed by atoms with Crippen molar-refractivity contribution in [3.63, 3.8) is 0 Å². The Kier molecular flexibility index (Phi) is 12.1. The average Bonchev–Trinajstić information content (AvgIpc) is 3.32. The molecule has 3 aromatic rings. The minimum atomic E-state index is -0.640. The van der Waals surface area contributed by atoms with Crippen LogP contribution in [0.1, 0.15) is 17.5 Å². The fourth-order valence-corrected chi connectivity index (χ4v) is 4.64. The van der Waals surface area contributed by atoms with E-state index in [1.54, 1.807) is 4.80 Å². The third kappa shape index (κ3) is 9.20. The molecular formula is C22H28Cl2N8O4S. The Morgan fingerprint density at radius 3 is 2.08 bits per heavy atom. The first-order valence-corrected chi connectivity index (χ1v) is 12.3. The summed E-state index contributed by atoms with van der Waals surface area (Å²) in [4.78, 5) is 27.3. The van der Waals surface area contributed by atoms with Crippen LogP contribution in [0, 0.1) is 20.2 Å². The van der Waals surface area contributed by atoms with E-state index in [9.17, 15) is 20.2 Å². The molecule has 0 aliphatic carbocycles. The quantitative estimate of drug-likeness (QED) is 0.190. The highest BCUT2D eigenvalue weighted by molar-refractivity contribution is 7.98. The number of nitro benzene ring substituents is 2. The molecule has 0 spiro atoms. The predicted molar refractivity (Wildman–Crippen MR) is 144 cm³/mol. The topological polar surface area (TPSA) is 136 Å². The highest BCUT2D eigenvalue weighted by Gasteiger charge is 2.18. The van der Waals surface area contributed by atoms with E-state index < -0.39 is 9.85 Å². The van der Waals surface area contributed by atoms with Gasteiger partial charge in [-0.15, -0.1) is 35.0 Å². The molecule has 1 fully saturated rings. The van der Waals surface area contributed by atoms with E-state index in [2.05, 4.69) is 49.5 Å². The van der Waals surface area contributed by atoms with E-state index in [1.807, 2.05) is 6.07 Å². The van der Waals surface area contributed by atoms with Crippen LogP contribution >= 0.6 is 36.6 Å².